The molecule has 1 fully saturated rings. The molecule has 1 aliphatic rings. The summed E-state index contributed by atoms with van der Waals surface area (Å²) in [4.78, 5) is 14.6. The van der Waals surface area contributed by atoms with Gasteiger partial charge in [0.15, 0.2) is 11.0 Å². The molecule has 4 rings (SSSR count). The molecule has 1 amide bonds. The molecule has 10 heteroatoms. The van der Waals surface area contributed by atoms with Crippen molar-refractivity contribution in [2.45, 2.75) is 31.1 Å². The zero-order chi connectivity index (χ0) is 23.6. The minimum absolute atomic E-state index is 0.0606. The summed E-state index contributed by atoms with van der Waals surface area (Å²) in [7, 11) is 0. The summed E-state index contributed by atoms with van der Waals surface area (Å²) in [5, 5.41) is 8.95. The molecule has 0 aliphatic carbocycles. The summed E-state index contributed by atoms with van der Waals surface area (Å²) < 4.78 is 42.8. The van der Waals surface area contributed by atoms with Crippen LogP contribution in [0, 0.1) is 5.92 Å². The summed E-state index contributed by atoms with van der Waals surface area (Å²) >= 11 is 7.19. The van der Waals surface area contributed by atoms with Gasteiger partial charge >= 0.3 is 6.18 Å². The van der Waals surface area contributed by atoms with E-state index in [2.05, 4.69) is 17.1 Å². The number of hydrogen-bond donors (Lipinski definition) is 0. The van der Waals surface area contributed by atoms with E-state index in [9.17, 15) is 18.0 Å². The molecule has 1 aromatic heterocycles. The number of nitrogens with zero attached hydrogens (tertiary/aromatic N) is 4. The molecular weight excluding hydrogens is 473 g/mol. The molecule has 0 spiro atoms. The molecule has 3 aromatic rings. The van der Waals surface area contributed by atoms with Gasteiger partial charge in [-0.3, -0.25) is 9.36 Å². The van der Waals surface area contributed by atoms with Gasteiger partial charge in [0.25, 0.3) is 0 Å². The van der Waals surface area contributed by atoms with Crippen molar-refractivity contribution in [2.75, 3.05) is 18.8 Å². The molecule has 0 saturated carbocycles. The van der Waals surface area contributed by atoms with Gasteiger partial charge in [0.05, 0.1) is 17.0 Å². The topological polar surface area (TPSA) is 51.0 Å². The van der Waals surface area contributed by atoms with Crippen LogP contribution in [-0.2, 0) is 11.0 Å². The van der Waals surface area contributed by atoms with Crippen molar-refractivity contribution in [2.24, 2.45) is 5.92 Å². The first-order chi connectivity index (χ1) is 15.7. The second kappa shape index (κ2) is 9.77. The van der Waals surface area contributed by atoms with Crippen LogP contribution in [0.15, 0.2) is 53.7 Å². The van der Waals surface area contributed by atoms with E-state index in [-0.39, 0.29) is 28.3 Å². The number of thioether (sulfide) groups is 1. The molecule has 0 radical (unpaired) electrons. The summed E-state index contributed by atoms with van der Waals surface area (Å²) in [5.74, 6) is 0.656. The maximum Gasteiger partial charge on any atom is 0.418 e. The fourth-order valence-corrected chi connectivity index (χ4v) is 4.97. The number of carbonyl (C=O) groups excluding carboxylic acids is 1. The third kappa shape index (κ3) is 5.35. The summed E-state index contributed by atoms with van der Waals surface area (Å²) in [6.45, 7) is 3.49. The number of piperidine rings is 1. The number of halogens is 4. The molecule has 0 bridgehead atoms. The van der Waals surface area contributed by atoms with Crippen molar-refractivity contribution >= 4 is 29.3 Å². The van der Waals surface area contributed by atoms with Crippen molar-refractivity contribution < 1.29 is 18.0 Å². The SMILES string of the molecule is CC1CCCN(C(=O)CSc2nnc(-c3cccc(Cl)c3)n2-c2ccccc2C(F)(F)F)C1. The van der Waals surface area contributed by atoms with Crippen LogP contribution in [0.2, 0.25) is 5.02 Å². The van der Waals surface area contributed by atoms with Crippen molar-refractivity contribution in [3.05, 3.63) is 59.1 Å². The van der Waals surface area contributed by atoms with E-state index in [1.165, 1.54) is 22.8 Å². The highest BCUT2D eigenvalue weighted by Crippen LogP contribution is 2.37. The number of para-hydroxylation sites is 1. The average molecular weight is 495 g/mol. The molecule has 2 aromatic carbocycles. The van der Waals surface area contributed by atoms with Gasteiger partial charge in [-0.2, -0.15) is 13.2 Å². The first-order valence-corrected chi connectivity index (χ1v) is 11.9. The predicted octanol–water partition coefficient (Wildman–Crippen LogP) is 5.96. The van der Waals surface area contributed by atoms with Crippen LogP contribution in [0.3, 0.4) is 0 Å². The largest absolute Gasteiger partial charge is 0.418 e. The normalized spacial score (nSPS) is 16.8. The Hall–Kier alpha value is -2.52. The molecule has 2 heterocycles. The quantitative estimate of drug-likeness (QED) is 0.411. The van der Waals surface area contributed by atoms with E-state index in [0.29, 0.717) is 29.6 Å². The number of carbonyl (C=O) groups is 1. The Morgan fingerprint density at radius 2 is 1.97 bits per heavy atom. The minimum atomic E-state index is -4.58. The minimum Gasteiger partial charge on any atom is -0.342 e. The molecule has 1 aliphatic heterocycles. The third-order valence-electron chi connectivity index (χ3n) is 5.50. The Kier molecular flexibility index (Phi) is 6.99. The lowest BCUT2D eigenvalue weighted by molar-refractivity contribution is -0.137. The number of hydrogen-bond acceptors (Lipinski definition) is 4. The van der Waals surface area contributed by atoms with Crippen LogP contribution < -0.4 is 0 Å². The molecule has 5 nitrogen and oxygen atoms in total. The maximum absolute atomic E-state index is 13.8. The van der Waals surface area contributed by atoms with Crippen LogP contribution in [0.5, 0.6) is 0 Å². The lowest BCUT2D eigenvalue weighted by atomic mass is 10.0. The fraction of sp³-hybridized carbons (Fsp3) is 0.348. The number of benzene rings is 2. The summed E-state index contributed by atoms with van der Waals surface area (Å²) in [6.07, 6.45) is -2.54. The zero-order valence-corrected chi connectivity index (χ0v) is 19.4. The van der Waals surface area contributed by atoms with Crippen LogP contribution in [-0.4, -0.2) is 44.4 Å². The molecule has 33 heavy (non-hydrogen) atoms. The van der Waals surface area contributed by atoms with Gasteiger partial charge in [-0.25, -0.2) is 0 Å². The highest BCUT2D eigenvalue weighted by Gasteiger charge is 2.35. The second-order valence-electron chi connectivity index (χ2n) is 8.04. The van der Waals surface area contributed by atoms with E-state index in [1.807, 2.05) is 4.90 Å². The number of amides is 1. The summed E-state index contributed by atoms with van der Waals surface area (Å²) in [5.41, 5.74) is -0.396. The van der Waals surface area contributed by atoms with Crippen molar-refractivity contribution in [1.29, 1.82) is 0 Å². The van der Waals surface area contributed by atoms with Crippen molar-refractivity contribution in [3.63, 3.8) is 0 Å². The molecule has 0 N–H and O–H groups in total. The van der Waals surface area contributed by atoms with Gasteiger partial charge in [0, 0.05) is 23.7 Å². The molecule has 1 unspecified atom stereocenters. The van der Waals surface area contributed by atoms with E-state index >= 15 is 0 Å². The predicted molar refractivity (Wildman–Crippen MR) is 123 cm³/mol. The zero-order valence-electron chi connectivity index (χ0n) is 17.8. The van der Waals surface area contributed by atoms with Gasteiger partial charge in [-0.15, -0.1) is 10.2 Å². The monoisotopic (exact) mass is 494 g/mol. The number of aromatic nitrogens is 3. The highest BCUT2D eigenvalue weighted by molar-refractivity contribution is 7.99. The van der Waals surface area contributed by atoms with Gasteiger partial charge in [-0.05, 0) is 43.0 Å². The molecule has 174 valence electrons. The number of likely N-dealkylation sites (tertiary alicyclic amines) is 1. The summed E-state index contributed by atoms with van der Waals surface area (Å²) in [6, 6.07) is 11.9. The molecule has 1 atom stereocenters. The Morgan fingerprint density at radius 3 is 2.70 bits per heavy atom. The van der Waals surface area contributed by atoms with Crippen molar-refractivity contribution in [1.82, 2.24) is 19.7 Å². The lowest BCUT2D eigenvalue weighted by Crippen LogP contribution is -2.40. The Bertz CT molecular complexity index is 1150. The first kappa shape index (κ1) is 23.6. The van der Waals surface area contributed by atoms with Crippen LogP contribution >= 0.6 is 23.4 Å². The fourth-order valence-electron chi connectivity index (χ4n) is 3.94. The Balaban J connectivity index is 1.72. The van der Waals surface area contributed by atoms with E-state index in [0.717, 1.165) is 30.7 Å². The third-order valence-corrected chi connectivity index (χ3v) is 6.65. The number of rotatable bonds is 5. The Morgan fingerprint density at radius 1 is 1.18 bits per heavy atom. The van der Waals surface area contributed by atoms with Crippen LogP contribution in [0.4, 0.5) is 13.2 Å². The van der Waals surface area contributed by atoms with Crippen LogP contribution in [0.1, 0.15) is 25.3 Å². The Labute approximate surface area is 198 Å². The van der Waals surface area contributed by atoms with Crippen molar-refractivity contribution in [3.8, 4) is 17.1 Å². The van der Waals surface area contributed by atoms with Crippen LogP contribution in [0.25, 0.3) is 17.1 Å². The molecule has 1 saturated heterocycles. The van der Waals surface area contributed by atoms with E-state index in [4.69, 9.17) is 11.6 Å². The maximum atomic E-state index is 13.8. The van der Waals surface area contributed by atoms with E-state index < -0.39 is 11.7 Å². The average Bonchev–Trinajstić information content (AvgIpc) is 3.21. The number of alkyl halides is 3. The smallest absolute Gasteiger partial charge is 0.342 e. The van der Waals surface area contributed by atoms with Gasteiger partial charge in [0.1, 0.15) is 0 Å². The van der Waals surface area contributed by atoms with Gasteiger partial charge in [0.2, 0.25) is 5.91 Å². The lowest BCUT2D eigenvalue weighted by Gasteiger charge is -2.30. The van der Waals surface area contributed by atoms with Gasteiger partial charge < -0.3 is 4.90 Å². The standard InChI is InChI=1S/C23H22ClF3N4OS/c1-15-6-5-11-30(13-15)20(32)14-33-22-29-28-21(16-7-4-8-17(24)12-16)31(22)19-10-3-2-9-18(19)23(25,26)27/h2-4,7-10,12,15H,5-6,11,13-14H2,1H3. The van der Waals surface area contributed by atoms with Gasteiger partial charge in [-0.1, -0.05) is 54.6 Å². The second-order valence-corrected chi connectivity index (χ2v) is 9.42. The molecular formula is C23H22ClF3N4OS. The highest BCUT2D eigenvalue weighted by atomic mass is 35.5. The van der Waals surface area contributed by atoms with E-state index in [1.54, 1.807) is 24.3 Å². The first-order valence-electron chi connectivity index (χ1n) is 10.5.